The lowest BCUT2D eigenvalue weighted by atomic mass is 10.00. The number of benzene rings is 3. The predicted octanol–water partition coefficient (Wildman–Crippen LogP) is 5.84. The topological polar surface area (TPSA) is 153 Å². The summed E-state index contributed by atoms with van der Waals surface area (Å²) in [4.78, 5) is 32.3. The Kier molecular flexibility index (Phi) is 9.61. The standard InChI is InChI=1S/C33H36FN5O6S/c1-4-45-23-10-12-27(34)25(19-23)30(37-21-8-11-24-20(17-21)14-15-36-31(24)35)32(40)39-16-6-7-28(39)26-18-22(38-33(41)44-3)9-13-29(26)46(42,43)5-2/h8-15,17-19,28,30,37H,4-7,16H2,1-3H3,(H2,35,36)(H,38,41). The third-order valence-corrected chi connectivity index (χ3v) is 9.80. The van der Waals surface area contributed by atoms with E-state index in [-0.39, 0.29) is 16.2 Å². The zero-order valence-electron chi connectivity index (χ0n) is 25.7. The number of pyridine rings is 1. The summed E-state index contributed by atoms with van der Waals surface area (Å²) >= 11 is 0. The maximum absolute atomic E-state index is 15.6. The first-order valence-electron chi connectivity index (χ1n) is 14.9. The molecule has 46 heavy (non-hydrogen) atoms. The van der Waals surface area contributed by atoms with E-state index in [2.05, 4.69) is 15.6 Å². The van der Waals surface area contributed by atoms with Gasteiger partial charge in [-0.2, -0.15) is 0 Å². The molecule has 1 aliphatic rings. The second-order valence-corrected chi connectivity index (χ2v) is 13.0. The van der Waals surface area contributed by atoms with Crippen LogP contribution in [0.3, 0.4) is 0 Å². The van der Waals surface area contributed by atoms with Crippen LogP contribution in [0.25, 0.3) is 10.8 Å². The third kappa shape index (κ3) is 6.69. The van der Waals surface area contributed by atoms with Crippen molar-refractivity contribution in [2.45, 2.75) is 43.7 Å². The summed E-state index contributed by atoms with van der Waals surface area (Å²) < 4.78 is 52.4. The Morgan fingerprint density at radius 3 is 2.61 bits per heavy atom. The van der Waals surface area contributed by atoms with Gasteiger partial charge in [0.2, 0.25) is 5.91 Å². The lowest BCUT2D eigenvalue weighted by Crippen LogP contribution is -2.38. The Labute approximate surface area is 266 Å². The number of likely N-dealkylation sites (tertiary alicyclic amines) is 1. The first-order valence-corrected chi connectivity index (χ1v) is 16.6. The molecular formula is C33H36FN5O6S. The van der Waals surface area contributed by atoms with Crippen LogP contribution in [0.1, 0.15) is 49.9 Å². The minimum Gasteiger partial charge on any atom is -0.494 e. The number of methoxy groups -OCH3 is 1. The van der Waals surface area contributed by atoms with Crippen molar-refractivity contribution >= 4 is 49.8 Å². The maximum Gasteiger partial charge on any atom is 0.411 e. The molecule has 13 heteroatoms. The molecule has 2 unspecified atom stereocenters. The fourth-order valence-electron chi connectivity index (χ4n) is 5.74. The van der Waals surface area contributed by atoms with Crippen LogP contribution < -0.4 is 21.1 Å². The van der Waals surface area contributed by atoms with Crippen molar-refractivity contribution in [2.24, 2.45) is 0 Å². The monoisotopic (exact) mass is 649 g/mol. The Hall–Kier alpha value is -4.91. The zero-order chi connectivity index (χ0) is 33.0. The molecule has 2 atom stereocenters. The van der Waals surface area contributed by atoms with E-state index >= 15 is 4.39 Å². The number of nitrogens with zero attached hydrogens (tertiary/aromatic N) is 2. The highest BCUT2D eigenvalue weighted by Crippen LogP contribution is 2.40. The van der Waals surface area contributed by atoms with Crippen LogP contribution in [0.2, 0.25) is 0 Å². The van der Waals surface area contributed by atoms with Gasteiger partial charge in [0.1, 0.15) is 23.4 Å². The first-order chi connectivity index (χ1) is 22.1. The van der Waals surface area contributed by atoms with E-state index in [0.717, 1.165) is 10.8 Å². The van der Waals surface area contributed by atoms with Gasteiger partial charge in [-0.15, -0.1) is 0 Å². The highest BCUT2D eigenvalue weighted by Gasteiger charge is 2.38. The lowest BCUT2D eigenvalue weighted by molar-refractivity contribution is -0.133. The van der Waals surface area contributed by atoms with Crippen LogP contribution in [-0.2, 0) is 19.4 Å². The van der Waals surface area contributed by atoms with Crippen molar-refractivity contribution in [2.75, 3.05) is 42.4 Å². The molecule has 2 amide bonds. The van der Waals surface area contributed by atoms with Crippen molar-refractivity contribution in [3.05, 3.63) is 83.8 Å². The first kappa shape index (κ1) is 32.5. The van der Waals surface area contributed by atoms with Crippen molar-refractivity contribution in [1.82, 2.24) is 9.88 Å². The lowest BCUT2D eigenvalue weighted by Gasteiger charge is -2.31. The third-order valence-electron chi connectivity index (χ3n) is 7.99. The number of rotatable bonds is 10. The average molecular weight is 650 g/mol. The van der Waals surface area contributed by atoms with Gasteiger partial charge >= 0.3 is 6.09 Å². The molecule has 0 aliphatic carbocycles. The Morgan fingerprint density at radius 1 is 1.09 bits per heavy atom. The van der Waals surface area contributed by atoms with E-state index in [0.29, 0.717) is 54.5 Å². The second kappa shape index (κ2) is 13.6. The van der Waals surface area contributed by atoms with Gasteiger partial charge in [-0.25, -0.2) is 22.6 Å². The largest absolute Gasteiger partial charge is 0.494 e. The van der Waals surface area contributed by atoms with Crippen LogP contribution in [0.4, 0.5) is 26.4 Å². The van der Waals surface area contributed by atoms with Crippen molar-refractivity contribution in [3.8, 4) is 5.75 Å². The number of nitrogens with two attached hydrogens (primary N) is 1. The van der Waals surface area contributed by atoms with E-state index < -0.39 is 39.7 Å². The molecule has 1 aromatic heterocycles. The quantitative estimate of drug-likeness (QED) is 0.192. The summed E-state index contributed by atoms with van der Waals surface area (Å²) in [5.41, 5.74) is 7.31. The number of nitrogen functional groups attached to an aromatic ring is 1. The van der Waals surface area contributed by atoms with Crippen molar-refractivity contribution in [1.29, 1.82) is 0 Å². The van der Waals surface area contributed by atoms with Gasteiger partial charge in [0.05, 0.1) is 30.4 Å². The molecule has 1 fully saturated rings. The fourth-order valence-corrected chi connectivity index (χ4v) is 6.88. The molecule has 4 aromatic rings. The second-order valence-electron chi connectivity index (χ2n) is 10.8. The number of amides is 2. The van der Waals surface area contributed by atoms with Crippen molar-refractivity contribution in [3.63, 3.8) is 0 Å². The fraction of sp³-hybridized carbons (Fsp3) is 0.303. The number of fused-ring (bicyclic) bond motifs is 1. The number of nitrogens with one attached hydrogen (secondary N) is 2. The van der Waals surface area contributed by atoms with Crippen LogP contribution >= 0.6 is 0 Å². The van der Waals surface area contributed by atoms with Gasteiger partial charge in [-0.3, -0.25) is 10.1 Å². The van der Waals surface area contributed by atoms with Gasteiger partial charge in [0.25, 0.3) is 0 Å². The van der Waals surface area contributed by atoms with Gasteiger partial charge in [-0.05, 0) is 91.4 Å². The molecule has 1 saturated heterocycles. The molecule has 3 aromatic carbocycles. The molecule has 5 rings (SSSR count). The number of aromatic nitrogens is 1. The van der Waals surface area contributed by atoms with E-state index in [1.54, 1.807) is 55.3 Å². The minimum atomic E-state index is -3.72. The highest BCUT2D eigenvalue weighted by atomic mass is 32.2. The van der Waals surface area contributed by atoms with Gasteiger partial charge in [0, 0.05) is 35.1 Å². The van der Waals surface area contributed by atoms with E-state index in [9.17, 15) is 18.0 Å². The molecule has 0 spiro atoms. The summed E-state index contributed by atoms with van der Waals surface area (Å²) in [5, 5.41) is 7.30. The summed E-state index contributed by atoms with van der Waals surface area (Å²) in [6, 6.07) is 13.9. The number of carbonyl (C=O) groups excluding carboxylic acids is 2. The molecule has 0 saturated carbocycles. The zero-order valence-corrected chi connectivity index (χ0v) is 26.6. The molecule has 4 N–H and O–H groups in total. The number of sulfone groups is 1. The van der Waals surface area contributed by atoms with E-state index in [4.69, 9.17) is 15.2 Å². The Balaban J connectivity index is 1.60. The van der Waals surface area contributed by atoms with E-state index in [1.807, 2.05) is 0 Å². The molecule has 242 valence electrons. The Bertz CT molecular complexity index is 1890. The summed E-state index contributed by atoms with van der Waals surface area (Å²) in [6.45, 7) is 3.99. The van der Waals surface area contributed by atoms with Crippen LogP contribution in [0.5, 0.6) is 5.75 Å². The predicted molar refractivity (Wildman–Crippen MR) is 174 cm³/mol. The van der Waals surface area contributed by atoms with Gasteiger partial charge < -0.3 is 25.4 Å². The summed E-state index contributed by atoms with van der Waals surface area (Å²) in [7, 11) is -2.50. The van der Waals surface area contributed by atoms with Crippen molar-refractivity contribution < 1.29 is 31.9 Å². The molecule has 0 radical (unpaired) electrons. The normalized spacial score (nSPS) is 15.4. The van der Waals surface area contributed by atoms with E-state index in [1.165, 1.54) is 37.4 Å². The summed E-state index contributed by atoms with van der Waals surface area (Å²) in [6.07, 6.45) is 1.89. The molecule has 11 nitrogen and oxygen atoms in total. The van der Waals surface area contributed by atoms with Crippen LogP contribution in [0.15, 0.2) is 71.8 Å². The van der Waals surface area contributed by atoms with Gasteiger partial charge in [-0.1, -0.05) is 6.92 Å². The number of anilines is 3. The maximum atomic E-state index is 15.6. The number of hydrogen-bond donors (Lipinski definition) is 3. The smallest absolute Gasteiger partial charge is 0.411 e. The molecule has 0 bridgehead atoms. The van der Waals surface area contributed by atoms with Crippen LogP contribution in [0, 0.1) is 5.82 Å². The number of halogens is 1. The average Bonchev–Trinajstić information content (AvgIpc) is 3.54. The Morgan fingerprint density at radius 2 is 1.87 bits per heavy atom. The minimum absolute atomic E-state index is 0.0601. The molecule has 2 heterocycles. The number of hydrogen-bond acceptors (Lipinski definition) is 9. The highest BCUT2D eigenvalue weighted by molar-refractivity contribution is 7.91. The molecule has 1 aliphatic heterocycles. The molecular weight excluding hydrogens is 613 g/mol. The van der Waals surface area contributed by atoms with Crippen LogP contribution in [-0.4, -0.2) is 56.3 Å². The summed E-state index contributed by atoms with van der Waals surface area (Å²) in [5.74, 6) is -0.486. The number of ether oxygens (including phenoxy) is 2. The van der Waals surface area contributed by atoms with Gasteiger partial charge in [0.15, 0.2) is 9.84 Å². The number of carbonyl (C=O) groups is 2. The SMILES string of the molecule is CCOc1ccc(F)c(C(Nc2ccc3c(N)nccc3c2)C(=O)N2CCCC2c2cc(NC(=O)OC)ccc2S(=O)(=O)CC)c1.